The highest BCUT2D eigenvalue weighted by Crippen LogP contribution is 2.40. The first-order valence-corrected chi connectivity index (χ1v) is 9.79. The van der Waals surface area contributed by atoms with Crippen LogP contribution in [0.3, 0.4) is 0 Å². The Morgan fingerprint density at radius 3 is 2.64 bits per heavy atom. The molecule has 0 saturated carbocycles. The third kappa shape index (κ3) is 3.38. The van der Waals surface area contributed by atoms with Crippen LogP contribution in [-0.2, 0) is 0 Å². The SMILES string of the molecule is N#Cc1ccc(-c2[nH]c3cc(Cl)ccc3c2C(C[N+](=O)[O-])c2cccs2)cc1. The minimum atomic E-state index is -0.393. The normalized spacial score (nSPS) is 12.0. The van der Waals surface area contributed by atoms with E-state index in [-0.39, 0.29) is 11.5 Å². The first-order chi connectivity index (χ1) is 13.6. The zero-order valence-electron chi connectivity index (χ0n) is 14.6. The molecule has 138 valence electrons. The Bertz CT molecular complexity index is 1190. The number of aromatic amines is 1. The second kappa shape index (κ2) is 7.47. The van der Waals surface area contributed by atoms with Crippen LogP contribution in [0.5, 0.6) is 0 Å². The molecule has 0 fully saturated rings. The van der Waals surface area contributed by atoms with Gasteiger partial charge in [-0.3, -0.25) is 10.1 Å². The van der Waals surface area contributed by atoms with Gasteiger partial charge in [0.2, 0.25) is 6.54 Å². The van der Waals surface area contributed by atoms with E-state index in [0.29, 0.717) is 10.6 Å². The lowest BCUT2D eigenvalue weighted by Gasteiger charge is -2.14. The highest BCUT2D eigenvalue weighted by molar-refractivity contribution is 7.10. The monoisotopic (exact) mass is 407 g/mol. The molecule has 5 nitrogen and oxygen atoms in total. The van der Waals surface area contributed by atoms with Crippen LogP contribution in [0.2, 0.25) is 5.02 Å². The highest BCUT2D eigenvalue weighted by atomic mass is 35.5. The lowest BCUT2D eigenvalue weighted by molar-refractivity contribution is -0.481. The molecule has 0 amide bonds. The third-order valence-electron chi connectivity index (χ3n) is 4.67. The van der Waals surface area contributed by atoms with Crippen LogP contribution in [-0.4, -0.2) is 16.5 Å². The van der Waals surface area contributed by atoms with Gasteiger partial charge >= 0.3 is 0 Å². The molecule has 0 saturated heterocycles. The summed E-state index contributed by atoms with van der Waals surface area (Å²) < 4.78 is 0. The summed E-state index contributed by atoms with van der Waals surface area (Å²) in [5.74, 6) is -0.393. The number of nitrogens with zero attached hydrogens (tertiary/aromatic N) is 2. The number of nitriles is 1. The van der Waals surface area contributed by atoms with E-state index in [2.05, 4.69) is 11.1 Å². The Morgan fingerprint density at radius 2 is 2.00 bits per heavy atom. The fourth-order valence-corrected chi connectivity index (χ4v) is 4.45. The van der Waals surface area contributed by atoms with E-state index in [1.807, 2.05) is 41.8 Å². The number of rotatable bonds is 5. The van der Waals surface area contributed by atoms with Crippen molar-refractivity contribution < 1.29 is 4.92 Å². The van der Waals surface area contributed by atoms with Gasteiger partial charge in [0.1, 0.15) is 0 Å². The van der Waals surface area contributed by atoms with Gasteiger partial charge in [0.15, 0.2) is 0 Å². The molecule has 2 heterocycles. The summed E-state index contributed by atoms with van der Waals surface area (Å²) in [7, 11) is 0. The Kier molecular flexibility index (Phi) is 4.86. The van der Waals surface area contributed by atoms with Crippen molar-refractivity contribution >= 4 is 33.8 Å². The van der Waals surface area contributed by atoms with Crippen molar-refractivity contribution in [2.75, 3.05) is 6.54 Å². The van der Waals surface area contributed by atoms with Crippen molar-refractivity contribution in [1.82, 2.24) is 4.98 Å². The van der Waals surface area contributed by atoms with E-state index >= 15 is 0 Å². The molecule has 0 bridgehead atoms. The standard InChI is InChI=1S/C21H14ClN3O2S/c22-15-7-8-16-18(10-15)24-21(14-5-3-13(11-23)4-6-14)20(16)17(12-25(26)27)19-2-1-9-28-19/h1-10,17,24H,12H2. The molecule has 28 heavy (non-hydrogen) atoms. The lowest BCUT2D eigenvalue weighted by Crippen LogP contribution is -2.13. The van der Waals surface area contributed by atoms with Crippen LogP contribution in [0.1, 0.15) is 21.9 Å². The second-order valence-corrected chi connectivity index (χ2v) is 7.79. The largest absolute Gasteiger partial charge is 0.354 e. The van der Waals surface area contributed by atoms with Crippen LogP contribution in [0.4, 0.5) is 0 Å². The highest BCUT2D eigenvalue weighted by Gasteiger charge is 2.28. The molecule has 0 aliphatic rings. The number of thiophene rings is 1. The molecular weight excluding hydrogens is 394 g/mol. The Balaban J connectivity index is 1.98. The molecular formula is C21H14ClN3O2S. The molecule has 0 aliphatic heterocycles. The van der Waals surface area contributed by atoms with Crippen LogP contribution in [0.15, 0.2) is 60.0 Å². The molecule has 1 atom stereocenters. The van der Waals surface area contributed by atoms with Gasteiger partial charge < -0.3 is 4.98 Å². The Morgan fingerprint density at radius 1 is 1.21 bits per heavy atom. The van der Waals surface area contributed by atoms with Crippen LogP contribution in [0, 0.1) is 21.4 Å². The van der Waals surface area contributed by atoms with E-state index in [1.165, 1.54) is 11.3 Å². The first-order valence-electron chi connectivity index (χ1n) is 8.53. The number of aromatic nitrogens is 1. The molecule has 1 unspecified atom stereocenters. The van der Waals surface area contributed by atoms with Crippen molar-refractivity contribution in [2.24, 2.45) is 0 Å². The molecule has 4 rings (SSSR count). The molecule has 2 aromatic carbocycles. The predicted octanol–water partition coefficient (Wildman–Crippen LogP) is 5.83. The maximum atomic E-state index is 11.5. The molecule has 0 radical (unpaired) electrons. The minimum Gasteiger partial charge on any atom is -0.354 e. The number of H-pyrrole nitrogens is 1. The van der Waals surface area contributed by atoms with Crippen molar-refractivity contribution in [1.29, 1.82) is 5.26 Å². The van der Waals surface area contributed by atoms with Crippen LogP contribution in [0.25, 0.3) is 22.2 Å². The molecule has 0 aliphatic carbocycles. The summed E-state index contributed by atoms with van der Waals surface area (Å²) in [6.45, 7) is -0.209. The number of hydrogen-bond acceptors (Lipinski definition) is 4. The summed E-state index contributed by atoms with van der Waals surface area (Å²) in [5, 5.41) is 24.0. The van der Waals surface area contributed by atoms with Gasteiger partial charge in [-0.1, -0.05) is 35.9 Å². The molecule has 4 aromatic rings. The predicted molar refractivity (Wildman–Crippen MR) is 111 cm³/mol. The van der Waals surface area contributed by atoms with Crippen LogP contribution < -0.4 is 0 Å². The summed E-state index contributed by atoms with van der Waals surface area (Å²) in [4.78, 5) is 15.5. The van der Waals surface area contributed by atoms with E-state index < -0.39 is 5.92 Å². The van der Waals surface area contributed by atoms with E-state index in [0.717, 1.165) is 32.6 Å². The first kappa shape index (κ1) is 18.2. The lowest BCUT2D eigenvalue weighted by atomic mass is 9.91. The molecule has 7 heteroatoms. The van der Waals surface area contributed by atoms with Crippen molar-refractivity contribution in [3.8, 4) is 17.3 Å². The molecule has 0 spiro atoms. The zero-order valence-corrected chi connectivity index (χ0v) is 16.1. The number of nitrogens with one attached hydrogen (secondary N) is 1. The number of halogens is 1. The Labute approximate surface area is 170 Å². The number of hydrogen-bond donors (Lipinski definition) is 1. The minimum absolute atomic E-state index is 0.209. The van der Waals surface area contributed by atoms with E-state index in [1.54, 1.807) is 18.2 Å². The number of benzene rings is 2. The maximum Gasteiger partial charge on any atom is 0.215 e. The quantitative estimate of drug-likeness (QED) is 0.333. The Hall–Kier alpha value is -3.14. The van der Waals surface area contributed by atoms with Gasteiger partial charge in [-0.2, -0.15) is 5.26 Å². The summed E-state index contributed by atoms with van der Waals surface area (Å²) >= 11 is 7.67. The summed E-state index contributed by atoms with van der Waals surface area (Å²) in [5.41, 5.74) is 3.93. The van der Waals surface area contributed by atoms with Gasteiger partial charge in [0, 0.05) is 31.3 Å². The van der Waals surface area contributed by atoms with Gasteiger partial charge in [-0.05, 0) is 41.3 Å². The van der Waals surface area contributed by atoms with Gasteiger partial charge in [-0.15, -0.1) is 11.3 Å². The van der Waals surface area contributed by atoms with Crippen LogP contribution >= 0.6 is 22.9 Å². The zero-order chi connectivity index (χ0) is 19.7. The fraction of sp³-hybridized carbons (Fsp3) is 0.0952. The average Bonchev–Trinajstić information content (AvgIpc) is 3.34. The average molecular weight is 408 g/mol. The van der Waals surface area contributed by atoms with Gasteiger partial charge in [-0.25, -0.2) is 0 Å². The van der Waals surface area contributed by atoms with Gasteiger partial charge in [0.05, 0.1) is 23.2 Å². The maximum absolute atomic E-state index is 11.5. The van der Waals surface area contributed by atoms with E-state index in [4.69, 9.17) is 16.9 Å². The van der Waals surface area contributed by atoms with Crippen molar-refractivity contribution in [3.63, 3.8) is 0 Å². The van der Waals surface area contributed by atoms with Crippen molar-refractivity contribution in [2.45, 2.75) is 5.92 Å². The number of fused-ring (bicyclic) bond motifs is 1. The second-order valence-electron chi connectivity index (χ2n) is 6.38. The summed E-state index contributed by atoms with van der Waals surface area (Å²) in [6, 6.07) is 18.6. The third-order valence-corrected chi connectivity index (χ3v) is 5.89. The number of nitro groups is 1. The topological polar surface area (TPSA) is 82.7 Å². The van der Waals surface area contributed by atoms with Gasteiger partial charge in [0.25, 0.3) is 0 Å². The molecule has 1 N–H and O–H groups in total. The fourth-order valence-electron chi connectivity index (χ4n) is 3.45. The van der Waals surface area contributed by atoms with Crippen molar-refractivity contribution in [3.05, 3.63) is 91.1 Å². The smallest absolute Gasteiger partial charge is 0.215 e. The summed E-state index contributed by atoms with van der Waals surface area (Å²) in [6.07, 6.45) is 0. The molecule has 2 aromatic heterocycles. The van der Waals surface area contributed by atoms with E-state index in [9.17, 15) is 10.1 Å².